The van der Waals surface area contributed by atoms with E-state index in [2.05, 4.69) is 16.6 Å². The van der Waals surface area contributed by atoms with Crippen molar-refractivity contribution in [1.82, 2.24) is 5.32 Å². The molecule has 0 aromatic heterocycles. The number of rotatable bonds is 8. The Balaban J connectivity index is 2.95. The monoisotopic (exact) mass is 317 g/mol. The number of alkyl halides is 2. The van der Waals surface area contributed by atoms with Crippen molar-refractivity contribution in [2.75, 3.05) is 0 Å². The number of carboxylic acid groups (broad SMARTS) is 1. The van der Waals surface area contributed by atoms with Gasteiger partial charge in [0.15, 0.2) is 0 Å². The Hall–Kier alpha value is -2.51. The zero-order valence-corrected chi connectivity index (χ0v) is 11.4. The fourth-order valence-corrected chi connectivity index (χ4v) is 1.66. The predicted octanol–water partition coefficient (Wildman–Crippen LogP) is 2.58. The molecule has 1 aromatic carbocycles. The minimum Gasteiger partial charge on any atom is -0.480 e. The van der Waals surface area contributed by atoms with Gasteiger partial charge in [-0.05, 0) is 25.0 Å². The van der Waals surface area contributed by atoms with E-state index in [-0.39, 0.29) is 12.0 Å². The maximum Gasteiger partial charge on any atom is 0.387 e. The highest BCUT2D eigenvalue weighted by atomic mass is 19.3. The van der Waals surface area contributed by atoms with Gasteiger partial charge >= 0.3 is 12.6 Å². The summed E-state index contributed by atoms with van der Waals surface area (Å²) in [7, 11) is 0. The molecule has 0 aliphatic carbocycles. The lowest BCUT2D eigenvalue weighted by Gasteiger charge is -2.15. The molecule has 0 radical (unpaired) electrons. The number of hydrogen-bond donors (Lipinski definition) is 2. The lowest BCUT2D eigenvalue weighted by molar-refractivity contribution is -0.139. The van der Waals surface area contributed by atoms with Crippen LogP contribution < -0.4 is 10.1 Å². The van der Waals surface area contributed by atoms with Crippen molar-refractivity contribution in [2.45, 2.75) is 25.5 Å². The zero-order valence-electron chi connectivity index (χ0n) is 11.4. The third-order valence-electron chi connectivity index (χ3n) is 2.67. The third kappa shape index (κ3) is 5.12. The molecule has 2 N–H and O–H groups in total. The molecule has 0 saturated heterocycles. The second-order valence-corrected chi connectivity index (χ2v) is 4.25. The Morgan fingerprint density at radius 1 is 1.41 bits per heavy atom. The molecule has 120 valence electrons. The number of nitrogens with one attached hydrogen (secondary N) is 1. The first-order valence-corrected chi connectivity index (χ1v) is 6.24. The van der Waals surface area contributed by atoms with E-state index < -0.39 is 36.1 Å². The Morgan fingerprint density at radius 2 is 2.09 bits per heavy atom. The van der Waals surface area contributed by atoms with E-state index in [1.54, 1.807) is 0 Å². The SMILES string of the molecule is C=CCCC(NC(=O)c1ccc(F)cc1OC(F)F)C(=O)O. The number of benzene rings is 1. The van der Waals surface area contributed by atoms with Crippen LogP contribution in [0.25, 0.3) is 0 Å². The van der Waals surface area contributed by atoms with Gasteiger partial charge in [-0.15, -0.1) is 6.58 Å². The standard InChI is InChI=1S/C14H14F3NO4/c1-2-3-4-10(13(20)21)18-12(19)9-6-5-8(15)7-11(9)22-14(16)17/h2,5-7,10,14H,1,3-4H2,(H,18,19)(H,20,21). The Bertz CT molecular complexity index is 563. The molecular formula is C14H14F3NO4. The number of allylic oxidation sites excluding steroid dienone is 1. The molecule has 0 aliphatic rings. The Kier molecular flexibility index (Phi) is 6.43. The van der Waals surface area contributed by atoms with Gasteiger partial charge < -0.3 is 15.2 Å². The van der Waals surface area contributed by atoms with Crippen molar-refractivity contribution >= 4 is 11.9 Å². The summed E-state index contributed by atoms with van der Waals surface area (Å²) in [5, 5.41) is 11.2. The average Bonchev–Trinajstić information content (AvgIpc) is 2.42. The molecule has 1 rings (SSSR count). The van der Waals surface area contributed by atoms with Gasteiger partial charge in [-0.3, -0.25) is 4.79 Å². The van der Waals surface area contributed by atoms with E-state index in [9.17, 15) is 22.8 Å². The summed E-state index contributed by atoms with van der Waals surface area (Å²) in [4.78, 5) is 23.0. The van der Waals surface area contributed by atoms with E-state index >= 15 is 0 Å². The van der Waals surface area contributed by atoms with Crippen LogP contribution in [0.2, 0.25) is 0 Å². The van der Waals surface area contributed by atoms with Crippen LogP contribution in [-0.2, 0) is 4.79 Å². The van der Waals surface area contributed by atoms with Crippen LogP contribution in [0.15, 0.2) is 30.9 Å². The van der Waals surface area contributed by atoms with E-state index in [0.717, 1.165) is 12.1 Å². The summed E-state index contributed by atoms with van der Waals surface area (Å²) >= 11 is 0. The van der Waals surface area contributed by atoms with Gasteiger partial charge in [-0.2, -0.15) is 8.78 Å². The second kappa shape index (κ2) is 8.06. The number of amides is 1. The summed E-state index contributed by atoms with van der Waals surface area (Å²) in [6.45, 7) is 0.189. The Labute approximate surface area is 124 Å². The topological polar surface area (TPSA) is 75.6 Å². The van der Waals surface area contributed by atoms with Crippen molar-refractivity contribution in [2.24, 2.45) is 0 Å². The van der Waals surface area contributed by atoms with Gasteiger partial charge in [0.2, 0.25) is 0 Å². The lowest BCUT2D eigenvalue weighted by Crippen LogP contribution is -2.40. The molecule has 1 aromatic rings. The molecule has 0 heterocycles. The molecule has 0 saturated carbocycles. The first kappa shape index (κ1) is 17.5. The first-order chi connectivity index (χ1) is 10.3. The minimum atomic E-state index is -3.25. The third-order valence-corrected chi connectivity index (χ3v) is 2.67. The summed E-state index contributed by atoms with van der Waals surface area (Å²) in [6.07, 6.45) is 1.89. The molecule has 0 aliphatic heterocycles. The molecule has 5 nitrogen and oxygen atoms in total. The van der Waals surface area contributed by atoms with Crippen LogP contribution in [0.4, 0.5) is 13.2 Å². The molecule has 0 fully saturated rings. The molecule has 1 amide bonds. The number of ether oxygens (including phenoxy) is 1. The maximum atomic E-state index is 13.1. The van der Waals surface area contributed by atoms with Gasteiger partial charge in [0.05, 0.1) is 5.56 Å². The van der Waals surface area contributed by atoms with E-state index in [1.807, 2.05) is 0 Å². The summed E-state index contributed by atoms with van der Waals surface area (Å²) < 4.78 is 41.7. The van der Waals surface area contributed by atoms with Gasteiger partial charge in [0, 0.05) is 6.07 Å². The van der Waals surface area contributed by atoms with Gasteiger partial charge in [0.25, 0.3) is 5.91 Å². The molecule has 8 heteroatoms. The number of carbonyl (C=O) groups excluding carboxylic acids is 1. The maximum absolute atomic E-state index is 13.1. The molecule has 0 spiro atoms. The molecule has 0 bridgehead atoms. The number of carbonyl (C=O) groups is 2. The summed E-state index contributed by atoms with van der Waals surface area (Å²) in [5.74, 6) is -3.77. The number of hydrogen-bond acceptors (Lipinski definition) is 3. The fraction of sp³-hybridized carbons (Fsp3) is 0.286. The van der Waals surface area contributed by atoms with Gasteiger partial charge in [0.1, 0.15) is 17.6 Å². The minimum absolute atomic E-state index is 0.0802. The van der Waals surface area contributed by atoms with E-state index in [4.69, 9.17) is 5.11 Å². The second-order valence-electron chi connectivity index (χ2n) is 4.25. The Morgan fingerprint density at radius 3 is 2.64 bits per heavy atom. The first-order valence-electron chi connectivity index (χ1n) is 6.24. The van der Waals surface area contributed by atoms with Crippen LogP contribution in [0, 0.1) is 5.82 Å². The van der Waals surface area contributed by atoms with E-state index in [1.165, 1.54) is 6.08 Å². The molecule has 22 heavy (non-hydrogen) atoms. The lowest BCUT2D eigenvalue weighted by atomic mass is 10.1. The van der Waals surface area contributed by atoms with Crippen molar-refractivity contribution in [3.05, 3.63) is 42.2 Å². The van der Waals surface area contributed by atoms with E-state index in [0.29, 0.717) is 12.5 Å². The zero-order chi connectivity index (χ0) is 16.7. The average molecular weight is 317 g/mol. The van der Waals surface area contributed by atoms with Crippen molar-refractivity contribution in [3.8, 4) is 5.75 Å². The highest BCUT2D eigenvalue weighted by Crippen LogP contribution is 2.22. The molecule has 1 atom stereocenters. The van der Waals surface area contributed by atoms with Crippen molar-refractivity contribution in [3.63, 3.8) is 0 Å². The normalized spacial score (nSPS) is 11.8. The van der Waals surface area contributed by atoms with Crippen LogP contribution >= 0.6 is 0 Å². The van der Waals surface area contributed by atoms with Crippen LogP contribution in [0.3, 0.4) is 0 Å². The smallest absolute Gasteiger partial charge is 0.387 e. The molecule has 1 unspecified atom stereocenters. The highest BCUT2D eigenvalue weighted by molar-refractivity contribution is 5.98. The summed E-state index contributed by atoms with van der Waals surface area (Å²) in [6, 6.07) is 1.22. The number of aliphatic carboxylic acids is 1. The summed E-state index contributed by atoms with van der Waals surface area (Å²) in [5.41, 5.74) is -0.383. The van der Waals surface area contributed by atoms with Crippen molar-refractivity contribution in [1.29, 1.82) is 0 Å². The molecular weight excluding hydrogens is 303 g/mol. The number of halogens is 3. The van der Waals surface area contributed by atoms with Gasteiger partial charge in [-0.1, -0.05) is 6.08 Å². The van der Waals surface area contributed by atoms with Crippen LogP contribution in [0.5, 0.6) is 5.75 Å². The van der Waals surface area contributed by atoms with Crippen LogP contribution in [0.1, 0.15) is 23.2 Å². The van der Waals surface area contributed by atoms with Gasteiger partial charge in [-0.25, -0.2) is 9.18 Å². The van der Waals surface area contributed by atoms with Crippen molar-refractivity contribution < 1.29 is 32.6 Å². The van der Waals surface area contributed by atoms with Crippen LogP contribution in [-0.4, -0.2) is 29.6 Å². The highest BCUT2D eigenvalue weighted by Gasteiger charge is 2.23. The number of carboxylic acids is 1. The fourth-order valence-electron chi connectivity index (χ4n) is 1.66. The largest absolute Gasteiger partial charge is 0.480 e. The quantitative estimate of drug-likeness (QED) is 0.723. The predicted molar refractivity (Wildman–Crippen MR) is 71.4 cm³/mol.